The van der Waals surface area contributed by atoms with E-state index >= 15 is 0 Å². The second kappa shape index (κ2) is 7.36. The Morgan fingerprint density at radius 1 is 1.17 bits per heavy atom. The molecule has 2 amide bonds. The van der Waals surface area contributed by atoms with Gasteiger partial charge in [0.05, 0.1) is 6.10 Å². The lowest BCUT2D eigenvalue weighted by Crippen LogP contribution is -2.46. The Bertz CT molecular complexity index is 286. The zero-order valence-corrected chi connectivity index (χ0v) is 11.2. The van der Waals surface area contributed by atoms with E-state index in [1.54, 1.807) is 13.8 Å². The SMILES string of the molecule is CC(C)NC(=O)C(=O)NCC(O)C1CCCCC1. The van der Waals surface area contributed by atoms with Crippen molar-refractivity contribution in [1.82, 2.24) is 10.6 Å². The molecule has 0 radical (unpaired) electrons. The van der Waals surface area contributed by atoms with Crippen LogP contribution in [0.3, 0.4) is 0 Å². The smallest absolute Gasteiger partial charge is 0.309 e. The molecule has 1 saturated carbocycles. The number of nitrogens with one attached hydrogen (secondary N) is 2. The second-order valence-corrected chi connectivity index (χ2v) is 5.30. The minimum Gasteiger partial charge on any atom is -0.391 e. The van der Waals surface area contributed by atoms with Crippen LogP contribution in [0.15, 0.2) is 0 Å². The number of amides is 2. The van der Waals surface area contributed by atoms with Gasteiger partial charge in [-0.2, -0.15) is 0 Å². The van der Waals surface area contributed by atoms with Crippen molar-refractivity contribution >= 4 is 11.8 Å². The van der Waals surface area contributed by atoms with Crippen molar-refractivity contribution < 1.29 is 14.7 Å². The maximum absolute atomic E-state index is 11.4. The molecule has 0 aromatic heterocycles. The van der Waals surface area contributed by atoms with Crippen molar-refractivity contribution in [2.24, 2.45) is 5.92 Å². The van der Waals surface area contributed by atoms with Crippen molar-refractivity contribution in [2.75, 3.05) is 6.54 Å². The summed E-state index contributed by atoms with van der Waals surface area (Å²) in [6, 6.07) is -0.0634. The first kappa shape index (κ1) is 15.0. The number of aliphatic hydroxyl groups excluding tert-OH is 1. The summed E-state index contributed by atoms with van der Waals surface area (Å²) in [6.07, 6.45) is 4.99. The number of hydrogen-bond acceptors (Lipinski definition) is 3. The van der Waals surface area contributed by atoms with Crippen LogP contribution in [0.1, 0.15) is 46.0 Å². The fraction of sp³-hybridized carbons (Fsp3) is 0.846. The first-order valence-electron chi connectivity index (χ1n) is 6.77. The van der Waals surface area contributed by atoms with E-state index in [4.69, 9.17) is 0 Å². The first-order chi connectivity index (χ1) is 8.50. The van der Waals surface area contributed by atoms with Gasteiger partial charge in [-0.3, -0.25) is 9.59 Å². The van der Waals surface area contributed by atoms with Crippen LogP contribution in [0.4, 0.5) is 0 Å². The molecule has 5 heteroatoms. The average Bonchev–Trinajstić information content (AvgIpc) is 2.35. The summed E-state index contributed by atoms with van der Waals surface area (Å²) in [4.78, 5) is 22.8. The maximum Gasteiger partial charge on any atom is 0.309 e. The molecular formula is C13H24N2O3. The summed E-state index contributed by atoms with van der Waals surface area (Å²) in [7, 11) is 0. The quantitative estimate of drug-likeness (QED) is 0.643. The molecule has 0 spiro atoms. The summed E-state index contributed by atoms with van der Waals surface area (Å²) >= 11 is 0. The summed E-state index contributed by atoms with van der Waals surface area (Å²) < 4.78 is 0. The predicted molar refractivity (Wildman–Crippen MR) is 68.9 cm³/mol. The van der Waals surface area contributed by atoms with Crippen LogP contribution < -0.4 is 10.6 Å². The van der Waals surface area contributed by atoms with Crippen molar-refractivity contribution in [2.45, 2.75) is 58.1 Å². The van der Waals surface area contributed by atoms with E-state index in [1.807, 2.05) is 0 Å². The predicted octanol–water partition coefficient (Wildman–Crippen LogP) is 0.568. The lowest BCUT2D eigenvalue weighted by atomic mass is 9.85. The highest BCUT2D eigenvalue weighted by Crippen LogP contribution is 2.26. The van der Waals surface area contributed by atoms with Gasteiger partial charge in [0, 0.05) is 12.6 Å². The van der Waals surface area contributed by atoms with Gasteiger partial charge in [-0.1, -0.05) is 19.3 Å². The maximum atomic E-state index is 11.4. The molecule has 5 nitrogen and oxygen atoms in total. The van der Waals surface area contributed by atoms with Crippen LogP contribution >= 0.6 is 0 Å². The van der Waals surface area contributed by atoms with E-state index in [2.05, 4.69) is 10.6 Å². The van der Waals surface area contributed by atoms with Crippen molar-refractivity contribution in [1.29, 1.82) is 0 Å². The molecular weight excluding hydrogens is 232 g/mol. The Hall–Kier alpha value is -1.10. The van der Waals surface area contributed by atoms with Crippen molar-refractivity contribution in [3.05, 3.63) is 0 Å². The summed E-state index contributed by atoms with van der Waals surface area (Å²) in [6.45, 7) is 3.75. The molecule has 0 aromatic rings. The lowest BCUT2D eigenvalue weighted by molar-refractivity contribution is -0.139. The van der Waals surface area contributed by atoms with Crippen LogP contribution in [0.25, 0.3) is 0 Å². The van der Waals surface area contributed by atoms with Crippen molar-refractivity contribution in [3.8, 4) is 0 Å². The van der Waals surface area contributed by atoms with Crippen LogP contribution in [-0.2, 0) is 9.59 Å². The molecule has 0 bridgehead atoms. The van der Waals surface area contributed by atoms with Gasteiger partial charge in [-0.05, 0) is 32.6 Å². The van der Waals surface area contributed by atoms with E-state index in [9.17, 15) is 14.7 Å². The highest BCUT2D eigenvalue weighted by molar-refractivity contribution is 6.35. The van der Waals surface area contributed by atoms with Crippen LogP contribution in [-0.4, -0.2) is 35.6 Å². The minimum atomic E-state index is -0.668. The van der Waals surface area contributed by atoms with Gasteiger partial charge >= 0.3 is 11.8 Å². The molecule has 1 unspecified atom stereocenters. The van der Waals surface area contributed by atoms with Crippen LogP contribution in [0, 0.1) is 5.92 Å². The Labute approximate surface area is 108 Å². The molecule has 1 fully saturated rings. The number of carbonyl (C=O) groups excluding carboxylic acids is 2. The standard InChI is InChI=1S/C13H24N2O3/c1-9(2)15-13(18)12(17)14-8-11(16)10-6-4-3-5-7-10/h9-11,16H,3-8H2,1-2H3,(H,14,17)(H,15,18). The van der Waals surface area contributed by atoms with E-state index in [0.29, 0.717) is 0 Å². The van der Waals surface area contributed by atoms with E-state index in [1.165, 1.54) is 6.42 Å². The Morgan fingerprint density at radius 3 is 2.33 bits per heavy atom. The second-order valence-electron chi connectivity index (χ2n) is 5.30. The molecule has 0 heterocycles. The normalized spacial score (nSPS) is 18.4. The third kappa shape index (κ3) is 5.04. The number of hydrogen-bond donors (Lipinski definition) is 3. The molecule has 3 N–H and O–H groups in total. The van der Waals surface area contributed by atoms with Gasteiger partial charge in [0.15, 0.2) is 0 Å². The topological polar surface area (TPSA) is 78.4 Å². The largest absolute Gasteiger partial charge is 0.391 e. The molecule has 0 aromatic carbocycles. The highest BCUT2D eigenvalue weighted by atomic mass is 16.3. The molecule has 0 saturated heterocycles. The van der Waals surface area contributed by atoms with Gasteiger partial charge in [-0.25, -0.2) is 0 Å². The molecule has 1 rings (SSSR count). The summed E-state index contributed by atoms with van der Waals surface area (Å²) in [5.41, 5.74) is 0. The third-order valence-electron chi connectivity index (χ3n) is 3.29. The van der Waals surface area contributed by atoms with E-state index in [0.717, 1.165) is 25.7 Å². The van der Waals surface area contributed by atoms with Gasteiger partial charge < -0.3 is 15.7 Å². The molecule has 0 aliphatic heterocycles. The third-order valence-corrected chi connectivity index (χ3v) is 3.29. The zero-order valence-electron chi connectivity index (χ0n) is 11.2. The molecule has 18 heavy (non-hydrogen) atoms. The number of rotatable bonds is 4. The Balaban J connectivity index is 2.26. The fourth-order valence-electron chi connectivity index (χ4n) is 2.29. The van der Waals surface area contributed by atoms with Crippen LogP contribution in [0.5, 0.6) is 0 Å². The zero-order chi connectivity index (χ0) is 13.5. The molecule has 1 aliphatic rings. The number of carbonyl (C=O) groups is 2. The average molecular weight is 256 g/mol. The monoisotopic (exact) mass is 256 g/mol. The summed E-state index contributed by atoms with van der Waals surface area (Å²) in [5, 5.41) is 14.9. The van der Waals surface area contributed by atoms with Crippen molar-refractivity contribution in [3.63, 3.8) is 0 Å². The Morgan fingerprint density at radius 2 is 1.78 bits per heavy atom. The minimum absolute atomic E-state index is 0.0634. The van der Waals surface area contributed by atoms with Gasteiger partial charge in [-0.15, -0.1) is 0 Å². The first-order valence-corrected chi connectivity index (χ1v) is 6.77. The van der Waals surface area contributed by atoms with Crippen LogP contribution in [0.2, 0.25) is 0 Å². The number of aliphatic hydroxyl groups is 1. The molecule has 1 aliphatic carbocycles. The lowest BCUT2D eigenvalue weighted by Gasteiger charge is -2.26. The molecule has 104 valence electrons. The van der Waals surface area contributed by atoms with E-state index < -0.39 is 17.9 Å². The Kier molecular flexibility index (Phi) is 6.12. The summed E-state index contributed by atoms with van der Waals surface area (Å²) in [5.74, 6) is -1.05. The van der Waals surface area contributed by atoms with E-state index in [-0.39, 0.29) is 18.5 Å². The van der Waals surface area contributed by atoms with Gasteiger partial charge in [0.2, 0.25) is 0 Å². The highest BCUT2D eigenvalue weighted by Gasteiger charge is 2.23. The fourth-order valence-corrected chi connectivity index (χ4v) is 2.29. The van der Waals surface area contributed by atoms with Gasteiger partial charge in [0.1, 0.15) is 0 Å². The molecule has 1 atom stereocenters. The van der Waals surface area contributed by atoms with Gasteiger partial charge in [0.25, 0.3) is 0 Å².